The lowest BCUT2D eigenvalue weighted by atomic mass is 9.81. The largest absolute Gasteiger partial charge is 0.497 e. The van der Waals surface area contributed by atoms with Crippen molar-refractivity contribution in [1.82, 2.24) is 4.90 Å². The van der Waals surface area contributed by atoms with Crippen LogP contribution in [0.5, 0.6) is 5.75 Å². The van der Waals surface area contributed by atoms with Crippen molar-refractivity contribution in [1.29, 1.82) is 0 Å². The molecule has 1 N–H and O–H groups in total. The number of Topliss-reactive ketones (excluding diaryl/α,β-unsaturated/α-hetero) is 1. The Morgan fingerprint density at radius 1 is 1.15 bits per heavy atom. The Morgan fingerprint density at radius 3 is 2.59 bits per heavy atom. The molecule has 1 saturated heterocycles. The summed E-state index contributed by atoms with van der Waals surface area (Å²) in [6, 6.07) is 15.8. The summed E-state index contributed by atoms with van der Waals surface area (Å²) in [5.41, 5.74) is 2.21. The van der Waals surface area contributed by atoms with Gasteiger partial charge in [0.05, 0.1) is 12.7 Å². The van der Waals surface area contributed by atoms with E-state index in [1.54, 1.807) is 7.11 Å². The van der Waals surface area contributed by atoms with Crippen molar-refractivity contribution in [3.63, 3.8) is 0 Å². The summed E-state index contributed by atoms with van der Waals surface area (Å²) in [7, 11) is 1.63. The van der Waals surface area contributed by atoms with Gasteiger partial charge in [0.25, 0.3) is 0 Å². The van der Waals surface area contributed by atoms with Gasteiger partial charge in [-0.2, -0.15) is 0 Å². The predicted molar refractivity (Wildman–Crippen MR) is 105 cm³/mol. The van der Waals surface area contributed by atoms with E-state index in [2.05, 4.69) is 4.90 Å². The number of hydrogen-bond acceptors (Lipinski definition) is 4. The van der Waals surface area contributed by atoms with Gasteiger partial charge in [0.1, 0.15) is 5.75 Å². The number of methoxy groups -OCH3 is 1. The first-order valence-electron chi connectivity index (χ1n) is 9.80. The summed E-state index contributed by atoms with van der Waals surface area (Å²) >= 11 is 0. The third-order valence-electron chi connectivity index (χ3n) is 6.19. The first kappa shape index (κ1) is 18.2. The molecule has 1 fully saturated rings. The van der Waals surface area contributed by atoms with E-state index in [1.165, 1.54) is 0 Å². The fourth-order valence-electron chi connectivity index (χ4n) is 4.44. The topological polar surface area (TPSA) is 49.8 Å². The highest BCUT2D eigenvalue weighted by atomic mass is 16.5. The predicted octanol–water partition coefficient (Wildman–Crippen LogP) is 3.42. The molecule has 1 heterocycles. The Bertz CT molecular complexity index is 810. The maximum atomic E-state index is 13.0. The molecule has 0 saturated carbocycles. The standard InChI is InChI=1S/C23H27NO3/c1-27-20-10-9-17-7-8-18(22(25)21(17)15-20)16-24-13-11-23(26,12-14-24)19-5-3-2-4-6-19/h2-6,9-10,15,18,26H,7-8,11-14,16H2,1H3. The van der Waals surface area contributed by atoms with Crippen molar-refractivity contribution < 1.29 is 14.6 Å². The van der Waals surface area contributed by atoms with E-state index in [0.717, 1.165) is 54.9 Å². The van der Waals surface area contributed by atoms with Crippen LogP contribution in [0, 0.1) is 5.92 Å². The first-order chi connectivity index (χ1) is 13.1. The molecular formula is C23H27NO3. The van der Waals surface area contributed by atoms with Gasteiger partial charge in [-0.3, -0.25) is 4.79 Å². The zero-order valence-corrected chi connectivity index (χ0v) is 15.9. The second-order valence-corrected chi connectivity index (χ2v) is 7.82. The Morgan fingerprint density at radius 2 is 1.89 bits per heavy atom. The minimum atomic E-state index is -0.742. The molecule has 4 heteroatoms. The zero-order chi connectivity index (χ0) is 18.9. The summed E-state index contributed by atoms with van der Waals surface area (Å²) in [6.07, 6.45) is 3.26. The highest BCUT2D eigenvalue weighted by Gasteiger charge is 2.36. The molecule has 4 rings (SSSR count). The first-order valence-corrected chi connectivity index (χ1v) is 9.80. The summed E-state index contributed by atoms with van der Waals surface area (Å²) in [6.45, 7) is 2.42. The number of rotatable bonds is 4. The normalized spacial score (nSPS) is 22.3. The van der Waals surface area contributed by atoms with E-state index in [4.69, 9.17) is 4.74 Å². The zero-order valence-electron chi connectivity index (χ0n) is 15.9. The molecular weight excluding hydrogens is 338 g/mol. The van der Waals surface area contributed by atoms with Gasteiger partial charge in [-0.15, -0.1) is 0 Å². The van der Waals surface area contributed by atoms with Gasteiger partial charge in [0.15, 0.2) is 5.78 Å². The number of carbonyl (C=O) groups excluding carboxylic acids is 1. The van der Waals surface area contributed by atoms with Gasteiger partial charge < -0.3 is 14.7 Å². The number of aliphatic hydroxyl groups is 1. The minimum absolute atomic E-state index is 0.0347. The van der Waals surface area contributed by atoms with Crippen molar-refractivity contribution in [3.8, 4) is 5.75 Å². The number of piperidine rings is 1. The Hall–Kier alpha value is -2.17. The number of aryl methyl sites for hydroxylation is 1. The smallest absolute Gasteiger partial charge is 0.167 e. The highest BCUT2D eigenvalue weighted by Crippen LogP contribution is 2.34. The fraction of sp³-hybridized carbons (Fsp3) is 0.435. The Labute approximate surface area is 160 Å². The minimum Gasteiger partial charge on any atom is -0.497 e. The fourth-order valence-corrected chi connectivity index (χ4v) is 4.44. The maximum absolute atomic E-state index is 13.0. The molecule has 1 unspecified atom stereocenters. The van der Waals surface area contributed by atoms with Gasteiger partial charge in [-0.25, -0.2) is 0 Å². The molecule has 0 radical (unpaired) electrons. The molecule has 0 bridgehead atoms. The van der Waals surface area contributed by atoms with Gasteiger partial charge in [0, 0.05) is 31.1 Å². The number of fused-ring (bicyclic) bond motifs is 1. The molecule has 27 heavy (non-hydrogen) atoms. The molecule has 1 aliphatic carbocycles. The number of hydrogen-bond donors (Lipinski definition) is 1. The third kappa shape index (κ3) is 3.64. The SMILES string of the molecule is COc1ccc2c(c1)C(=O)C(CN1CCC(O)(c3ccccc3)CC1)CC2. The van der Waals surface area contributed by atoms with E-state index < -0.39 is 5.60 Å². The average Bonchev–Trinajstić information content (AvgIpc) is 2.72. The van der Waals surface area contributed by atoms with Crippen LogP contribution in [0.1, 0.15) is 40.7 Å². The van der Waals surface area contributed by atoms with Crippen molar-refractivity contribution in [2.45, 2.75) is 31.3 Å². The van der Waals surface area contributed by atoms with Crippen molar-refractivity contribution >= 4 is 5.78 Å². The van der Waals surface area contributed by atoms with Crippen LogP contribution >= 0.6 is 0 Å². The molecule has 0 spiro atoms. The van der Waals surface area contributed by atoms with Crippen LogP contribution in [-0.2, 0) is 12.0 Å². The summed E-state index contributed by atoms with van der Waals surface area (Å²) < 4.78 is 5.29. The van der Waals surface area contributed by atoms with Gasteiger partial charge in [-0.1, -0.05) is 36.4 Å². The van der Waals surface area contributed by atoms with Crippen LogP contribution in [0.2, 0.25) is 0 Å². The Kier molecular flexibility index (Phi) is 5.02. The van der Waals surface area contributed by atoms with Crippen molar-refractivity contribution in [2.24, 2.45) is 5.92 Å². The highest BCUT2D eigenvalue weighted by molar-refractivity contribution is 6.00. The van der Waals surface area contributed by atoms with Gasteiger partial charge in [0.2, 0.25) is 0 Å². The van der Waals surface area contributed by atoms with E-state index in [9.17, 15) is 9.90 Å². The average molecular weight is 365 g/mol. The van der Waals surface area contributed by atoms with Gasteiger partial charge >= 0.3 is 0 Å². The van der Waals surface area contributed by atoms with Gasteiger partial charge in [-0.05, 0) is 48.9 Å². The second-order valence-electron chi connectivity index (χ2n) is 7.82. The molecule has 0 aromatic heterocycles. The lowest BCUT2D eigenvalue weighted by Gasteiger charge is -2.40. The van der Waals surface area contributed by atoms with E-state index in [0.29, 0.717) is 12.8 Å². The van der Waals surface area contributed by atoms with E-state index in [-0.39, 0.29) is 11.7 Å². The van der Waals surface area contributed by atoms with Crippen LogP contribution in [0.3, 0.4) is 0 Å². The van der Waals surface area contributed by atoms with E-state index >= 15 is 0 Å². The molecule has 142 valence electrons. The quantitative estimate of drug-likeness (QED) is 0.902. The number of carbonyl (C=O) groups is 1. The number of likely N-dealkylation sites (tertiary alicyclic amines) is 1. The number of nitrogens with zero attached hydrogens (tertiary/aromatic N) is 1. The molecule has 1 atom stereocenters. The van der Waals surface area contributed by atoms with Crippen molar-refractivity contribution in [3.05, 3.63) is 65.2 Å². The molecule has 1 aliphatic heterocycles. The molecule has 0 amide bonds. The third-order valence-corrected chi connectivity index (χ3v) is 6.19. The summed E-state index contributed by atoms with van der Waals surface area (Å²) in [5, 5.41) is 11.0. The van der Waals surface area contributed by atoms with Crippen LogP contribution in [-0.4, -0.2) is 42.5 Å². The summed E-state index contributed by atoms with van der Waals surface area (Å²) in [4.78, 5) is 15.3. The van der Waals surface area contributed by atoms with Crippen LogP contribution in [0.15, 0.2) is 48.5 Å². The lowest BCUT2D eigenvalue weighted by Crippen LogP contribution is -2.45. The van der Waals surface area contributed by atoms with Crippen LogP contribution in [0.25, 0.3) is 0 Å². The molecule has 2 aliphatic rings. The second kappa shape index (κ2) is 7.45. The lowest BCUT2D eigenvalue weighted by molar-refractivity contribution is -0.0283. The molecule has 2 aromatic carbocycles. The van der Waals surface area contributed by atoms with Crippen molar-refractivity contribution in [2.75, 3.05) is 26.7 Å². The van der Waals surface area contributed by atoms with E-state index in [1.807, 2.05) is 48.5 Å². The number of ketones is 1. The summed E-state index contributed by atoms with van der Waals surface area (Å²) in [5.74, 6) is 1.01. The number of benzene rings is 2. The van der Waals surface area contributed by atoms with Crippen LogP contribution < -0.4 is 4.74 Å². The maximum Gasteiger partial charge on any atom is 0.167 e. The Balaban J connectivity index is 1.40. The molecule has 4 nitrogen and oxygen atoms in total. The molecule has 2 aromatic rings. The van der Waals surface area contributed by atoms with Crippen LogP contribution in [0.4, 0.5) is 0 Å². The monoisotopic (exact) mass is 365 g/mol. The number of ether oxygens (including phenoxy) is 1.